The number of hydrazine groups is 1. The average Bonchev–Trinajstić information content (AvgIpc) is 2.75. The van der Waals surface area contributed by atoms with Gasteiger partial charge in [0, 0.05) is 8.45 Å². The number of nitrogens with two attached hydrogens (primary N) is 1. The number of halogens is 2. The smallest absolute Gasteiger partial charge is 0.0608 e. The highest BCUT2D eigenvalue weighted by Crippen LogP contribution is 2.30. The van der Waals surface area contributed by atoms with Crippen LogP contribution in [0.1, 0.15) is 16.5 Å². The first kappa shape index (κ1) is 13.3. The molecule has 1 aromatic heterocycles. The van der Waals surface area contributed by atoms with E-state index in [0.717, 1.165) is 16.3 Å². The number of benzene rings is 1. The predicted molar refractivity (Wildman–Crippen MR) is 82.3 cm³/mol. The van der Waals surface area contributed by atoms with E-state index < -0.39 is 0 Å². The van der Waals surface area contributed by atoms with Gasteiger partial charge in [0.15, 0.2) is 0 Å². The van der Waals surface area contributed by atoms with Gasteiger partial charge in [-0.1, -0.05) is 23.7 Å². The zero-order chi connectivity index (χ0) is 12.3. The van der Waals surface area contributed by atoms with Crippen molar-refractivity contribution in [1.82, 2.24) is 5.43 Å². The number of nitrogens with one attached hydrogen (secondary N) is 1. The fourth-order valence-corrected chi connectivity index (χ4v) is 3.25. The molecule has 0 saturated carbocycles. The second kappa shape index (κ2) is 6.15. The van der Waals surface area contributed by atoms with Crippen molar-refractivity contribution in [2.75, 3.05) is 0 Å². The third-order valence-electron chi connectivity index (χ3n) is 2.52. The summed E-state index contributed by atoms with van der Waals surface area (Å²) in [6, 6.07) is 10.4. The van der Waals surface area contributed by atoms with Gasteiger partial charge in [0.25, 0.3) is 0 Å². The molecule has 0 amide bonds. The maximum atomic E-state index is 6.12. The van der Waals surface area contributed by atoms with E-state index in [1.54, 1.807) is 11.3 Å². The lowest BCUT2D eigenvalue weighted by molar-refractivity contribution is 0.561. The molecule has 0 bridgehead atoms. The van der Waals surface area contributed by atoms with Crippen LogP contribution < -0.4 is 11.3 Å². The van der Waals surface area contributed by atoms with Gasteiger partial charge < -0.3 is 0 Å². The zero-order valence-electron chi connectivity index (χ0n) is 8.99. The summed E-state index contributed by atoms with van der Waals surface area (Å²) >= 11 is 10.0. The van der Waals surface area contributed by atoms with Crippen LogP contribution in [0.5, 0.6) is 0 Å². The van der Waals surface area contributed by atoms with Crippen molar-refractivity contribution in [3.05, 3.63) is 54.7 Å². The first-order valence-electron chi connectivity index (χ1n) is 5.14. The Bertz CT molecular complexity index is 484. The minimum absolute atomic E-state index is 0.0718. The lowest BCUT2D eigenvalue weighted by atomic mass is 10.1. The SMILES string of the molecule is NNC(Cc1ccc(I)cc1)c1sccc1Cl. The molecule has 0 fully saturated rings. The van der Waals surface area contributed by atoms with Crippen molar-refractivity contribution in [1.29, 1.82) is 0 Å². The van der Waals surface area contributed by atoms with Gasteiger partial charge in [-0.3, -0.25) is 11.3 Å². The third kappa shape index (κ3) is 3.42. The predicted octanol–water partition coefficient (Wildman–Crippen LogP) is 3.75. The van der Waals surface area contributed by atoms with E-state index in [4.69, 9.17) is 17.4 Å². The Kier molecular flexibility index (Phi) is 4.81. The molecular formula is C12H12ClIN2S. The molecule has 1 heterocycles. The van der Waals surface area contributed by atoms with Crippen molar-refractivity contribution < 1.29 is 0 Å². The molecule has 0 aliphatic heterocycles. The van der Waals surface area contributed by atoms with Gasteiger partial charge in [0.2, 0.25) is 0 Å². The molecule has 3 N–H and O–H groups in total. The number of thiophene rings is 1. The summed E-state index contributed by atoms with van der Waals surface area (Å²) in [6.07, 6.45) is 0.841. The lowest BCUT2D eigenvalue weighted by Gasteiger charge is -2.15. The minimum atomic E-state index is 0.0718. The van der Waals surface area contributed by atoms with E-state index >= 15 is 0 Å². The van der Waals surface area contributed by atoms with Crippen molar-refractivity contribution in [2.24, 2.45) is 5.84 Å². The molecule has 5 heteroatoms. The van der Waals surface area contributed by atoms with Crippen LogP contribution in [0.4, 0.5) is 0 Å². The molecule has 2 aromatic rings. The Hall–Kier alpha value is -0.140. The van der Waals surface area contributed by atoms with Crippen LogP contribution in [0.2, 0.25) is 5.02 Å². The molecule has 1 aromatic carbocycles. The first-order valence-corrected chi connectivity index (χ1v) is 7.48. The molecule has 2 nitrogen and oxygen atoms in total. The maximum Gasteiger partial charge on any atom is 0.0608 e. The summed E-state index contributed by atoms with van der Waals surface area (Å²) in [6.45, 7) is 0. The molecule has 0 spiro atoms. The van der Waals surface area contributed by atoms with Gasteiger partial charge in [0.05, 0.1) is 11.1 Å². The van der Waals surface area contributed by atoms with E-state index in [-0.39, 0.29) is 6.04 Å². The van der Waals surface area contributed by atoms with Crippen LogP contribution in [0.25, 0.3) is 0 Å². The molecule has 1 atom stereocenters. The van der Waals surface area contributed by atoms with Gasteiger partial charge in [-0.05, 0) is 58.2 Å². The highest BCUT2D eigenvalue weighted by atomic mass is 127. The number of hydrogen-bond donors (Lipinski definition) is 2. The third-order valence-corrected chi connectivity index (χ3v) is 4.71. The number of rotatable bonds is 4. The van der Waals surface area contributed by atoms with Gasteiger partial charge in [-0.2, -0.15) is 0 Å². The topological polar surface area (TPSA) is 38.0 Å². The molecule has 2 rings (SSSR count). The summed E-state index contributed by atoms with van der Waals surface area (Å²) in [5.74, 6) is 5.61. The highest BCUT2D eigenvalue weighted by molar-refractivity contribution is 14.1. The molecule has 0 radical (unpaired) electrons. The minimum Gasteiger partial charge on any atom is -0.271 e. The molecule has 90 valence electrons. The lowest BCUT2D eigenvalue weighted by Crippen LogP contribution is -2.29. The van der Waals surface area contributed by atoms with Crippen LogP contribution in [0.3, 0.4) is 0 Å². The van der Waals surface area contributed by atoms with E-state index in [9.17, 15) is 0 Å². The standard InChI is InChI=1S/C12H12ClIN2S/c13-10-5-6-17-12(10)11(16-15)7-8-1-3-9(14)4-2-8/h1-6,11,16H,7,15H2. The van der Waals surface area contributed by atoms with Crippen LogP contribution in [-0.4, -0.2) is 0 Å². The highest BCUT2D eigenvalue weighted by Gasteiger charge is 2.15. The Morgan fingerprint density at radius 2 is 2.00 bits per heavy atom. The van der Waals surface area contributed by atoms with E-state index in [1.165, 1.54) is 9.13 Å². The van der Waals surface area contributed by atoms with Crippen molar-refractivity contribution in [3.63, 3.8) is 0 Å². The summed E-state index contributed by atoms with van der Waals surface area (Å²) in [5, 5.41) is 2.76. The van der Waals surface area contributed by atoms with Crippen molar-refractivity contribution in [3.8, 4) is 0 Å². The normalized spacial score (nSPS) is 12.6. The van der Waals surface area contributed by atoms with Crippen molar-refractivity contribution in [2.45, 2.75) is 12.5 Å². The second-order valence-electron chi connectivity index (χ2n) is 3.68. The van der Waals surface area contributed by atoms with Crippen molar-refractivity contribution >= 4 is 45.5 Å². The zero-order valence-corrected chi connectivity index (χ0v) is 12.7. The Labute approximate surface area is 123 Å². The first-order chi connectivity index (χ1) is 8.20. The summed E-state index contributed by atoms with van der Waals surface area (Å²) in [7, 11) is 0. The molecule has 17 heavy (non-hydrogen) atoms. The maximum absolute atomic E-state index is 6.12. The fourth-order valence-electron chi connectivity index (χ4n) is 1.64. The average molecular weight is 379 g/mol. The number of hydrogen-bond acceptors (Lipinski definition) is 3. The Balaban J connectivity index is 2.16. The molecule has 0 aliphatic carbocycles. The summed E-state index contributed by atoms with van der Waals surface area (Å²) in [5.41, 5.74) is 4.08. The monoisotopic (exact) mass is 378 g/mol. The summed E-state index contributed by atoms with van der Waals surface area (Å²) in [4.78, 5) is 1.09. The van der Waals surface area contributed by atoms with Crippen LogP contribution in [-0.2, 0) is 6.42 Å². The second-order valence-corrected chi connectivity index (χ2v) is 6.28. The van der Waals surface area contributed by atoms with Crippen LogP contribution in [0, 0.1) is 3.57 Å². The quantitative estimate of drug-likeness (QED) is 0.483. The van der Waals surface area contributed by atoms with Gasteiger partial charge in [-0.25, -0.2) is 0 Å². The van der Waals surface area contributed by atoms with Crippen LogP contribution >= 0.6 is 45.5 Å². The molecule has 0 aliphatic rings. The summed E-state index contributed by atoms with van der Waals surface area (Å²) < 4.78 is 1.23. The van der Waals surface area contributed by atoms with Gasteiger partial charge in [-0.15, -0.1) is 11.3 Å². The van der Waals surface area contributed by atoms with Gasteiger partial charge in [0.1, 0.15) is 0 Å². The van der Waals surface area contributed by atoms with Gasteiger partial charge >= 0.3 is 0 Å². The fraction of sp³-hybridized carbons (Fsp3) is 0.167. The molecule has 1 unspecified atom stereocenters. The Morgan fingerprint density at radius 1 is 1.29 bits per heavy atom. The Morgan fingerprint density at radius 3 is 2.53 bits per heavy atom. The molecular weight excluding hydrogens is 367 g/mol. The van der Waals surface area contributed by atoms with Crippen LogP contribution in [0.15, 0.2) is 35.7 Å². The van der Waals surface area contributed by atoms with E-state index in [2.05, 4.69) is 52.3 Å². The van der Waals surface area contributed by atoms with E-state index in [1.807, 2.05) is 11.4 Å². The molecule has 0 saturated heterocycles. The van der Waals surface area contributed by atoms with E-state index in [0.29, 0.717) is 0 Å². The largest absolute Gasteiger partial charge is 0.271 e.